The molecule has 1 aliphatic heterocycles. The van der Waals surface area contributed by atoms with E-state index in [4.69, 9.17) is 10.2 Å². The Kier molecular flexibility index (Phi) is 6.72. The van der Waals surface area contributed by atoms with Crippen LogP contribution in [0.2, 0.25) is 0 Å². The summed E-state index contributed by atoms with van der Waals surface area (Å²) in [6, 6.07) is 25.0. The van der Waals surface area contributed by atoms with Gasteiger partial charge in [0.1, 0.15) is 11.5 Å². The minimum absolute atomic E-state index is 0.248. The Hall–Kier alpha value is -4.28. The van der Waals surface area contributed by atoms with Crippen LogP contribution < -0.4 is 5.32 Å². The molecule has 4 heterocycles. The first-order valence-electron chi connectivity index (χ1n) is 12.5. The molecule has 1 aliphatic rings. The van der Waals surface area contributed by atoms with Crippen molar-refractivity contribution in [1.29, 1.82) is 0 Å². The molecule has 192 valence electrons. The summed E-state index contributed by atoms with van der Waals surface area (Å²) in [6.07, 6.45) is -1.05. The highest BCUT2D eigenvalue weighted by Gasteiger charge is 2.24. The molecule has 0 radical (unpaired) electrons. The van der Waals surface area contributed by atoms with Gasteiger partial charge in [0.05, 0.1) is 18.8 Å². The quantitative estimate of drug-likeness (QED) is 0.301. The third kappa shape index (κ3) is 5.09. The lowest BCUT2D eigenvalue weighted by Crippen LogP contribution is -2.33. The van der Waals surface area contributed by atoms with Crippen molar-refractivity contribution in [2.24, 2.45) is 0 Å². The second-order valence-electron chi connectivity index (χ2n) is 9.21. The summed E-state index contributed by atoms with van der Waals surface area (Å²) in [6.45, 7) is 3.85. The highest BCUT2D eigenvalue weighted by molar-refractivity contribution is 7.13. The number of thiophene rings is 1. The van der Waals surface area contributed by atoms with Gasteiger partial charge >= 0.3 is 6.09 Å². The van der Waals surface area contributed by atoms with Crippen molar-refractivity contribution in [2.75, 3.05) is 13.1 Å². The molecule has 3 aromatic heterocycles. The van der Waals surface area contributed by atoms with Crippen LogP contribution in [-0.4, -0.2) is 53.7 Å². The lowest BCUT2D eigenvalue weighted by atomic mass is 10.1. The van der Waals surface area contributed by atoms with Crippen LogP contribution in [0.1, 0.15) is 11.4 Å². The molecule has 0 saturated heterocycles. The topological polar surface area (TPSA) is 101 Å². The van der Waals surface area contributed by atoms with Gasteiger partial charge in [0.2, 0.25) is 0 Å². The second-order valence-corrected chi connectivity index (χ2v) is 10.2. The Balaban J connectivity index is 1.21. The van der Waals surface area contributed by atoms with Crippen molar-refractivity contribution in [3.05, 3.63) is 89.6 Å². The lowest BCUT2D eigenvalue weighted by molar-refractivity contribution is 0.194. The van der Waals surface area contributed by atoms with Crippen LogP contribution in [-0.2, 0) is 26.2 Å². The predicted molar refractivity (Wildman–Crippen MR) is 147 cm³/mol. The lowest BCUT2D eigenvalue weighted by Gasteiger charge is -2.27. The van der Waals surface area contributed by atoms with Gasteiger partial charge in [-0.05, 0) is 28.6 Å². The first-order valence-corrected chi connectivity index (χ1v) is 13.4. The minimum Gasteiger partial charge on any atom is -0.465 e. The van der Waals surface area contributed by atoms with E-state index in [0.717, 1.165) is 48.2 Å². The number of carboxylic acid groups (broad SMARTS) is 1. The smallest absolute Gasteiger partial charge is 0.404 e. The molecule has 0 saturated carbocycles. The molecular weight excluding hydrogens is 498 g/mol. The van der Waals surface area contributed by atoms with E-state index in [1.165, 1.54) is 16.0 Å². The van der Waals surface area contributed by atoms with Crippen molar-refractivity contribution in [1.82, 2.24) is 34.8 Å². The standard InChI is InChI=1S/C28H27N7O2S/c36-28(37)29-12-13-35-24(17-23(32-35)21-5-2-1-3-6-21)27-31-30-26-19-33(14-15-34(26)27)18-20-8-10-22(11-9-20)25-7-4-16-38-25/h1-11,16-17,29H,12-15,18-19H2,(H,36,37). The fourth-order valence-electron chi connectivity index (χ4n) is 4.79. The zero-order chi connectivity index (χ0) is 25.9. The van der Waals surface area contributed by atoms with Gasteiger partial charge in [-0.1, -0.05) is 60.7 Å². The fraction of sp³-hybridized carbons (Fsp3) is 0.214. The molecule has 2 N–H and O–H groups in total. The number of amides is 1. The predicted octanol–water partition coefficient (Wildman–Crippen LogP) is 4.82. The summed E-state index contributed by atoms with van der Waals surface area (Å²) >= 11 is 1.75. The van der Waals surface area contributed by atoms with Crippen LogP contribution in [0.4, 0.5) is 4.79 Å². The first-order chi connectivity index (χ1) is 18.6. The minimum atomic E-state index is -1.05. The molecule has 10 heteroatoms. The van der Waals surface area contributed by atoms with Crippen LogP contribution in [0.15, 0.2) is 78.2 Å². The maximum Gasteiger partial charge on any atom is 0.404 e. The summed E-state index contributed by atoms with van der Waals surface area (Å²) in [5.74, 6) is 1.67. The highest BCUT2D eigenvalue weighted by atomic mass is 32.1. The summed E-state index contributed by atoms with van der Waals surface area (Å²) in [4.78, 5) is 14.6. The maximum absolute atomic E-state index is 11.0. The Labute approximate surface area is 224 Å². The zero-order valence-corrected chi connectivity index (χ0v) is 21.5. The molecule has 0 unspecified atom stereocenters. The monoisotopic (exact) mass is 525 g/mol. The van der Waals surface area contributed by atoms with Gasteiger partial charge in [-0.25, -0.2) is 4.79 Å². The van der Waals surface area contributed by atoms with E-state index in [-0.39, 0.29) is 6.54 Å². The van der Waals surface area contributed by atoms with Gasteiger partial charge in [0.25, 0.3) is 0 Å². The molecule has 38 heavy (non-hydrogen) atoms. The molecule has 6 rings (SSSR count). The third-order valence-corrected chi connectivity index (χ3v) is 7.60. The number of carbonyl (C=O) groups is 1. The molecule has 0 bridgehead atoms. The molecule has 1 amide bonds. The van der Waals surface area contributed by atoms with Gasteiger partial charge in [-0.2, -0.15) is 5.10 Å². The number of benzene rings is 2. The molecule has 2 aromatic carbocycles. The summed E-state index contributed by atoms with van der Waals surface area (Å²) < 4.78 is 3.97. The van der Waals surface area contributed by atoms with Crippen LogP contribution in [0.25, 0.3) is 33.2 Å². The maximum atomic E-state index is 11.0. The summed E-state index contributed by atoms with van der Waals surface area (Å²) in [5.41, 5.74) is 5.16. The molecule has 0 spiro atoms. The number of fused-ring (bicyclic) bond motifs is 1. The van der Waals surface area contributed by atoms with Crippen molar-refractivity contribution in [2.45, 2.75) is 26.2 Å². The number of aromatic nitrogens is 5. The number of hydrogen-bond donors (Lipinski definition) is 2. The van der Waals surface area contributed by atoms with E-state index in [9.17, 15) is 4.79 Å². The molecule has 5 aromatic rings. The summed E-state index contributed by atoms with van der Waals surface area (Å²) in [7, 11) is 0. The van der Waals surface area contributed by atoms with Crippen LogP contribution in [0.3, 0.4) is 0 Å². The third-order valence-electron chi connectivity index (χ3n) is 6.68. The van der Waals surface area contributed by atoms with Gasteiger partial charge < -0.3 is 15.0 Å². The Morgan fingerprint density at radius 1 is 0.974 bits per heavy atom. The average Bonchev–Trinajstić information content (AvgIpc) is 3.69. The molecule has 0 aliphatic carbocycles. The molecular formula is C28H27N7O2S. The molecule has 0 atom stereocenters. The number of nitrogens with one attached hydrogen (secondary N) is 1. The number of rotatable bonds is 8. The van der Waals surface area contributed by atoms with Crippen LogP contribution in [0, 0.1) is 0 Å². The Morgan fingerprint density at radius 3 is 2.58 bits per heavy atom. The SMILES string of the molecule is O=C(O)NCCn1nc(-c2ccccc2)cc1-c1nnc2n1CCN(Cc1ccc(-c3cccs3)cc1)C2. The normalized spacial score (nSPS) is 13.4. The Bertz CT molecular complexity index is 1530. The van der Waals surface area contributed by atoms with Crippen molar-refractivity contribution >= 4 is 17.4 Å². The second kappa shape index (κ2) is 10.6. The molecule has 9 nitrogen and oxygen atoms in total. The fourth-order valence-corrected chi connectivity index (χ4v) is 5.53. The van der Waals surface area contributed by atoms with Crippen molar-refractivity contribution in [3.63, 3.8) is 0 Å². The molecule has 0 fully saturated rings. The van der Waals surface area contributed by atoms with Crippen LogP contribution in [0.5, 0.6) is 0 Å². The van der Waals surface area contributed by atoms with Gasteiger partial charge in [-0.15, -0.1) is 21.5 Å². The van der Waals surface area contributed by atoms with Gasteiger partial charge in [0.15, 0.2) is 5.82 Å². The van der Waals surface area contributed by atoms with E-state index in [1.54, 1.807) is 11.3 Å². The number of nitrogens with zero attached hydrogens (tertiary/aromatic N) is 6. The first kappa shape index (κ1) is 24.1. The summed E-state index contributed by atoms with van der Waals surface area (Å²) in [5, 5.41) is 27.4. The van der Waals surface area contributed by atoms with E-state index in [0.29, 0.717) is 13.1 Å². The van der Waals surface area contributed by atoms with Gasteiger partial charge in [0, 0.05) is 36.6 Å². The largest absolute Gasteiger partial charge is 0.465 e. The van der Waals surface area contributed by atoms with E-state index >= 15 is 0 Å². The van der Waals surface area contributed by atoms with E-state index in [1.807, 2.05) is 41.1 Å². The van der Waals surface area contributed by atoms with E-state index < -0.39 is 6.09 Å². The zero-order valence-electron chi connectivity index (χ0n) is 20.7. The average molecular weight is 526 g/mol. The van der Waals surface area contributed by atoms with Gasteiger partial charge in [-0.3, -0.25) is 9.58 Å². The highest BCUT2D eigenvalue weighted by Crippen LogP contribution is 2.28. The van der Waals surface area contributed by atoms with E-state index in [2.05, 4.69) is 66.8 Å². The van der Waals surface area contributed by atoms with Crippen molar-refractivity contribution in [3.8, 4) is 33.2 Å². The van der Waals surface area contributed by atoms with Crippen LogP contribution >= 0.6 is 11.3 Å². The number of hydrogen-bond acceptors (Lipinski definition) is 6. The van der Waals surface area contributed by atoms with Crippen molar-refractivity contribution < 1.29 is 9.90 Å². The Morgan fingerprint density at radius 2 is 1.82 bits per heavy atom.